The predicted octanol–water partition coefficient (Wildman–Crippen LogP) is 0.811. The highest BCUT2D eigenvalue weighted by Gasteiger charge is 2.18. The molecule has 10 nitrogen and oxygen atoms in total. The van der Waals surface area contributed by atoms with Crippen LogP contribution in [0, 0.1) is 0 Å². The van der Waals surface area contributed by atoms with Gasteiger partial charge in [0.2, 0.25) is 5.82 Å². The second kappa shape index (κ2) is 7.28. The van der Waals surface area contributed by atoms with Crippen molar-refractivity contribution in [3.63, 3.8) is 0 Å². The minimum Gasteiger partial charge on any atom is -0.376 e. The first-order valence-corrected chi connectivity index (χ1v) is 7.74. The van der Waals surface area contributed by atoms with Crippen molar-refractivity contribution in [2.24, 2.45) is 0 Å². The van der Waals surface area contributed by atoms with Crippen LogP contribution in [0.4, 0.5) is 5.82 Å². The molecule has 0 spiro atoms. The highest BCUT2D eigenvalue weighted by atomic mass is 16.6. The zero-order valence-corrected chi connectivity index (χ0v) is 13.2. The smallest absolute Gasteiger partial charge is 0.263 e. The van der Waals surface area contributed by atoms with Gasteiger partial charge in [0.05, 0.1) is 32.1 Å². The van der Waals surface area contributed by atoms with Crippen LogP contribution in [0.2, 0.25) is 0 Å². The Morgan fingerprint density at radius 1 is 1.12 bits per heavy atom. The van der Waals surface area contributed by atoms with Gasteiger partial charge < -0.3 is 19.3 Å². The Morgan fingerprint density at radius 2 is 2.12 bits per heavy atom. The van der Waals surface area contributed by atoms with Crippen LogP contribution in [-0.2, 0) is 9.47 Å². The maximum Gasteiger partial charge on any atom is 0.263 e. The van der Waals surface area contributed by atoms with Crippen LogP contribution in [-0.4, -0.2) is 62.5 Å². The highest BCUT2D eigenvalue weighted by molar-refractivity contribution is 5.68. The Balaban J connectivity index is 1.53. The van der Waals surface area contributed by atoms with Crippen LogP contribution in [0.3, 0.4) is 0 Å². The number of nitrogens with one attached hydrogen (secondary N) is 1. The van der Waals surface area contributed by atoms with E-state index in [-0.39, 0.29) is 6.10 Å². The van der Waals surface area contributed by atoms with Gasteiger partial charge in [0.25, 0.3) is 5.89 Å². The molecule has 128 valence electrons. The molecular weight excluding hydrogens is 326 g/mol. The summed E-state index contributed by atoms with van der Waals surface area (Å²) in [5, 5.41) is 7.16. The van der Waals surface area contributed by atoms with Crippen molar-refractivity contribution >= 4 is 5.82 Å². The minimum atomic E-state index is -0.0330. The molecule has 4 heterocycles. The average Bonchev–Trinajstić information content (AvgIpc) is 3.18. The lowest BCUT2D eigenvalue weighted by Crippen LogP contribution is -2.34. The van der Waals surface area contributed by atoms with Gasteiger partial charge in [-0.25, -0.2) is 15.0 Å². The molecule has 25 heavy (non-hydrogen) atoms. The first-order chi connectivity index (χ1) is 12.4. The fourth-order valence-corrected chi connectivity index (χ4v) is 2.34. The lowest BCUT2D eigenvalue weighted by Gasteiger charge is -2.23. The van der Waals surface area contributed by atoms with Crippen molar-refractivity contribution < 1.29 is 14.0 Å². The minimum absolute atomic E-state index is 0.0330. The van der Waals surface area contributed by atoms with E-state index in [4.69, 9.17) is 14.0 Å². The molecule has 1 aliphatic heterocycles. The van der Waals surface area contributed by atoms with Crippen molar-refractivity contribution in [2.75, 3.05) is 31.7 Å². The molecule has 0 saturated carbocycles. The maximum absolute atomic E-state index is 5.61. The van der Waals surface area contributed by atoms with Crippen LogP contribution >= 0.6 is 0 Å². The van der Waals surface area contributed by atoms with E-state index in [0.717, 1.165) is 0 Å². The zero-order chi connectivity index (χ0) is 16.9. The lowest BCUT2D eigenvalue weighted by atomic mass is 10.3. The summed E-state index contributed by atoms with van der Waals surface area (Å²) < 4.78 is 16.3. The van der Waals surface area contributed by atoms with Gasteiger partial charge in [0.1, 0.15) is 23.4 Å². The molecule has 1 aliphatic rings. The lowest BCUT2D eigenvalue weighted by molar-refractivity contribution is -0.0819. The normalized spacial score (nSPS) is 17.4. The van der Waals surface area contributed by atoms with Gasteiger partial charge >= 0.3 is 0 Å². The van der Waals surface area contributed by atoms with Gasteiger partial charge in [-0.05, 0) is 0 Å². The van der Waals surface area contributed by atoms with Crippen LogP contribution in [0.25, 0.3) is 23.0 Å². The van der Waals surface area contributed by atoms with E-state index in [9.17, 15) is 0 Å². The summed E-state index contributed by atoms with van der Waals surface area (Å²) >= 11 is 0. The van der Waals surface area contributed by atoms with E-state index < -0.39 is 0 Å². The third-order valence-corrected chi connectivity index (χ3v) is 3.54. The third kappa shape index (κ3) is 3.59. The zero-order valence-electron chi connectivity index (χ0n) is 13.2. The van der Waals surface area contributed by atoms with Gasteiger partial charge in [-0.1, -0.05) is 5.16 Å². The molecule has 1 atom stereocenters. The predicted molar refractivity (Wildman–Crippen MR) is 85.4 cm³/mol. The second-order valence-corrected chi connectivity index (χ2v) is 5.25. The highest BCUT2D eigenvalue weighted by Crippen LogP contribution is 2.25. The number of hydrogen-bond donors (Lipinski definition) is 1. The van der Waals surface area contributed by atoms with E-state index >= 15 is 0 Å². The summed E-state index contributed by atoms with van der Waals surface area (Å²) in [4.78, 5) is 20.8. The monoisotopic (exact) mass is 341 g/mol. The third-order valence-electron chi connectivity index (χ3n) is 3.54. The maximum atomic E-state index is 5.61. The van der Waals surface area contributed by atoms with Crippen molar-refractivity contribution in [2.45, 2.75) is 6.10 Å². The summed E-state index contributed by atoms with van der Waals surface area (Å²) in [6.45, 7) is 2.32. The molecule has 0 radical (unpaired) electrons. The van der Waals surface area contributed by atoms with Gasteiger partial charge in [-0.3, -0.25) is 4.98 Å². The summed E-state index contributed by atoms with van der Waals surface area (Å²) in [6.07, 6.45) is 7.74. The second-order valence-electron chi connectivity index (χ2n) is 5.25. The molecule has 0 aliphatic carbocycles. The molecule has 4 rings (SSSR count). The molecular formula is C15H15N7O3. The molecule has 0 unspecified atom stereocenters. The van der Waals surface area contributed by atoms with E-state index in [1.165, 1.54) is 6.33 Å². The standard InChI is InChI=1S/C15H15N7O3/c1-2-18-12(7-16-1)14-21-15(25-22-14)11-6-17-9-20-13(11)19-5-10-8-23-3-4-24-10/h1-2,6-7,9-10H,3-5,8H2,(H,17,19,20)/t10-/m0/s1. The summed E-state index contributed by atoms with van der Waals surface area (Å²) in [5.41, 5.74) is 1.12. The summed E-state index contributed by atoms with van der Waals surface area (Å²) in [7, 11) is 0. The molecule has 1 N–H and O–H groups in total. The van der Waals surface area contributed by atoms with E-state index in [1.807, 2.05) is 0 Å². The fraction of sp³-hybridized carbons (Fsp3) is 0.333. The van der Waals surface area contributed by atoms with E-state index in [2.05, 4.69) is 35.4 Å². The topological polar surface area (TPSA) is 121 Å². The van der Waals surface area contributed by atoms with E-state index in [0.29, 0.717) is 55.2 Å². The Morgan fingerprint density at radius 3 is 2.96 bits per heavy atom. The molecule has 0 bridgehead atoms. The van der Waals surface area contributed by atoms with Crippen LogP contribution < -0.4 is 5.32 Å². The van der Waals surface area contributed by atoms with Gasteiger partial charge in [-0.2, -0.15) is 4.98 Å². The molecule has 0 aromatic carbocycles. The first-order valence-electron chi connectivity index (χ1n) is 7.74. The molecule has 1 saturated heterocycles. The number of nitrogens with zero attached hydrogens (tertiary/aromatic N) is 6. The van der Waals surface area contributed by atoms with Crippen molar-refractivity contribution in [1.29, 1.82) is 0 Å². The SMILES string of the molecule is c1cnc(-c2noc(-c3cncnc3NC[C@H]3COCCO3)n2)cn1. The summed E-state index contributed by atoms with van der Waals surface area (Å²) in [6, 6.07) is 0. The largest absolute Gasteiger partial charge is 0.376 e. The number of ether oxygens (including phenoxy) is 2. The Hall–Kier alpha value is -2.98. The van der Waals surface area contributed by atoms with Crippen molar-refractivity contribution in [3.05, 3.63) is 31.1 Å². The molecule has 3 aromatic rings. The van der Waals surface area contributed by atoms with Crippen molar-refractivity contribution in [1.82, 2.24) is 30.1 Å². The molecule has 3 aromatic heterocycles. The Kier molecular flexibility index (Phi) is 4.53. The first kappa shape index (κ1) is 15.5. The number of anilines is 1. The van der Waals surface area contributed by atoms with Crippen LogP contribution in [0.15, 0.2) is 35.6 Å². The van der Waals surface area contributed by atoms with Gasteiger partial charge in [-0.15, -0.1) is 0 Å². The van der Waals surface area contributed by atoms with Crippen molar-refractivity contribution in [3.8, 4) is 23.0 Å². The van der Waals surface area contributed by atoms with Gasteiger partial charge in [0, 0.05) is 25.1 Å². The average molecular weight is 341 g/mol. The number of rotatable bonds is 5. The van der Waals surface area contributed by atoms with Crippen LogP contribution in [0.5, 0.6) is 0 Å². The Bertz CT molecular complexity index is 821. The van der Waals surface area contributed by atoms with Crippen LogP contribution in [0.1, 0.15) is 0 Å². The van der Waals surface area contributed by atoms with Gasteiger partial charge in [0.15, 0.2) is 0 Å². The molecule has 0 amide bonds. The Labute approximate surface area is 142 Å². The number of aromatic nitrogens is 6. The number of hydrogen-bond acceptors (Lipinski definition) is 10. The molecule has 1 fully saturated rings. The van der Waals surface area contributed by atoms with E-state index in [1.54, 1.807) is 24.8 Å². The molecule has 10 heteroatoms. The summed E-state index contributed by atoms with van der Waals surface area (Å²) in [5.74, 6) is 1.23. The quantitative estimate of drug-likeness (QED) is 0.713. The fourth-order valence-electron chi connectivity index (χ4n) is 2.34.